The molecule has 0 aromatic carbocycles. The van der Waals surface area contributed by atoms with Crippen LogP contribution in [0.1, 0.15) is 48.0 Å². The van der Waals surface area contributed by atoms with Gasteiger partial charge in [0, 0.05) is 37.5 Å². The SMILES string of the molecule is CN(c1ncccc1CNC(=O)c1ccc[n+]([O-])c1)C1CCCCC1. The third-order valence-corrected chi connectivity index (χ3v) is 4.80. The summed E-state index contributed by atoms with van der Waals surface area (Å²) >= 11 is 0. The zero-order valence-electron chi connectivity index (χ0n) is 14.5. The smallest absolute Gasteiger partial charge is 0.257 e. The number of nitrogens with zero attached hydrogens (tertiary/aromatic N) is 3. The summed E-state index contributed by atoms with van der Waals surface area (Å²) in [4.78, 5) is 19.0. The molecule has 1 aliphatic carbocycles. The van der Waals surface area contributed by atoms with Crippen molar-refractivity contribution in [2.75, 3.05) is 11.9 Å². The van der Waals surface area contributed by atoms with Crippen molar-refractivity contribution in [1.29, 1.82) is 0 Å². The van der Waals surface area contributed by atoms with Gasteiger partial charge < -0.3 is 15.4 Å². The number of pyridine rings is 2. The van der Waals surface area contributed by atoms with Crippen LogP contribution in [0.3, 0.4) is 0 Å². The molecule has 2 aromatic heterocycles. The van der Waals surface area contributed by atoms with Gasteiger partial charge in [-0.25, -0.2) is 4.98 Å². The van der Waals surface area contributed by atoms with Crippen LogP contribution in [0, 0.1) is 5.21 Å². The quantitative estimate of drug-likeness (QED) is 0.670. The van der Waals surface area contributed by atoms with Gasteiger partial charge >= 0.3 is 0 Å². The van der Waals surface area contributed by atoms with Gasteiger partial charge in [-0.2, -0.15) is 4.73 Å². The van der Waals surface area contributed by atoms with Crippen molar-refractivity contribution < 1.29 is 9.52 Å². The van der Waals surface area contributed by atoms with Crippen LogP contribution >= 0.6 is 0 Å². The normalized spacial score (nSPS) is 14.9. The monoisotopic (exact) mass is 340 g/mol. The van der Waals surface area contributed by atoms with E-state index in [2.05, 4.69) is 22.2 Å². The Balaban J connectivity index is 1.69. The Kier molecular flexibility index (Phi) is 5.48. The van der Waals surface area contributed by atoms with Gasteiger partial charge in [0.25, 0.3) is 5.91 Å². The molecule has 6 nitrogen and oxygen atoms in total. The number of carbonyl (C=O) groups excluding carboxylic acids is 1. The standard InChI is InChI=1S/C19H24N4O2/c1-22(17-9-3-2-4-10-17)18-15(7-5-11-20-18)13-21-19(24)16-8-6-12-23(25)14-16/h5-8,11-12,14,17H,2-4,9-10,13H2,1H3,(H,21,24). The predicted octanol–water partition coefficient (Wildman–Crippen LogP) is 2.41. The van der Waals surface area contributed by atoms with Gasteiger partial charge in [-0.15, -0.1) is 0 Å². The van der Waals surface area contributed by atoms with E-state index in [1.54, 1.807) is 18.3 Å². The summed E-state index contributed by atoms with van der Waals surface area (Å²) in [6, 6.07) is 7.57. The second kappa shape index (κ2) is 7.96. The van der Waals surface area contributed by atoms with Crippen LogP contribution in [0.4, 0.5) is 5.82 Å². The zero-order valence-corrected chi connectivity index (χ0v) is 14.5. The van der Waals surface area contributed by atoms with E-state index in [9.17, 15) is 10.0 Å². The second-order valence-corrected chi connectivity index (χ2v) is 6.52. The Morgan fingerprint density at radius 3 is 2.88 bits per heavy atom. The first-order valence-corrected chi connectivity index (χ1v) is 8.79. The van der Waals surface area contributed by atoms with Crippen molar-refractivity contribution in [3.63, 3.8) is 0 Å². The lowest BCUT2D eigenvalue weighted by Gasteiger charge is -2.33. The number of anilines is 1. The molecule has 0 aliphatic heterocycles. The molecule has 1 fully saturated rings. The van der Waals surface area contributed by atoms with E-state index < -0.39 is 0 Å². The summed E-state index contributed by atoms with van der Waals surface area (Å²) in [5.74, 6) is 0.655. The van der Waals surface area contributed by atoms with Crippen molar-refractivity contribution in [2.45, 2.75) is 44.7 Å². The average molecular weight is 340 g/mol. The van der Waals surface area contributed by atoms with Crippen molar-refractivity contribution in [3.05, 3.63) is 59.2 Å². The van der Waals surface area contributed by atoms with Crippen LogP contribution < -0.4 is 14.9 Å². The van der Waals surface area contributed by atoms with Crippen molar-refractivity contribution in [3.8, 4) is 0 Å². The fourth-order valence-corrected chi connectivity index (χ4v) is 3.39. The van der Waals surface area contributed by atoms with E-state index in [1.165, 1.54) is 44.5 Å². The number of rotatable bonds is 5. The molecule has 0 radical (unpaired) electrons. The highest BCUT2D eigenvalue weighted by atomic mass is 16.5. The lowest BCUT2D eigenvalue weighted by atomic mass is 9.94. The molecule has 25 heavy (non-hydrogen) atoms. The fraction of sp³-hybridized carbons (Fsp3) is 0.421. The van der Waals surface area contributed by atoms with Gasteiger partial charge in [0.2, 0.25) is 0 Å². The molecule has 0 spiro atoms. The summed E-state index contributed by atoms with van der Waals surface area (Å²) in [5.41, 5.74) is 1.33. The maximum Gasteiger partial charge on any atom is 0.257 e. The molecule has 3 rings (SSSR count). The minimum Gasteiger partial charge on any atom is -0.619 e. The fourth-order valence-electron chi connectivity index (χ4n) is 3.39. The number of amides is 1. The summed E-state index contributed by atoms with van der Waals surface area (Å²) in [6.45, 7) is 0.382. The Morgan fingerprint density at radius 1 is 1.32 bits per heavy atom. The zero-order chi connectivity index (χ0) is 17.6. The van der Waals surface area contributed by atoms with Gasteiger partial charge in [-0.1, -0.05) is 25.3 Å². The molecule has 1 saturated carbocycles. The first-order valence-electron chi connectivity index (χ1n) is 8.79. The van der Waals surface area contributed by atoms with Gasteiger partial charge in [-0.05, 0) is 25.0 Å². The molecule has 2 heterocycles. The minimum absolute atomic E-state index is 0.264. The number of hydrogen-bond acceptors (Lipinski definition) is 4. The average Bonchev–Trinajstić information content (AvgIpc) is 2.66. The molecular weight excluding hydrogens is 316 g/mol. The van der Waals surface area contributed by atoms with Gasteiger partial charge in [0.05, 0.1) is 0 Å². The number of nitrogens with one attached hydrogen (secondary N) is 1. The van der Waals surface area contributed by atoms with E-state index in [0.29, 0.717) is 22.9 Å². The van der Waals surface area contributed by atoms with E-state index in [-0.39, 0.29) is 5.91 Å². The Morgan fingerprint density at radius 2 is 2.12 bits per heavy atom. The van der Waals surface area contributed by atoms with Crippen LogP contribution in [-0.2, 0) is 6.54 Å². The van der Waals surface area contributed by atoms with Gasteiger partial charge in [0.1, 0.15) is 11.4 Å². The maximum absolute atomic E-state index is 12.3. The molecule has 0 unspecified atom stereocenters. The summed E-state index contributed by atoms with van der Waals surface area (Å²) in [6.07, 6.45) is 10.6. The molecule has 0 atom stereocenters. The van der Waals surface area contributed by atoms with Crippen LogP contribution in [0.15, 0.2) is 42.9 Å². The number of carbonyl (C=O) groups is 1. The Hall–Kier alpha value is -2.63. The molecule has 6 heteroatoms. The minimum atomic E-state index is -0.264. The molecule has 1 aliphatic rings. The summed E-state index contributed by atoms with van der Waals surface area (Å²) in [5, 5.41) is 14.2. The largest absolute Gasteiger partial charge is 0.619 e. The molecular formula is C19H24N4O2. The van der Waals surface area contributed by atoms with E-state index in [0.717, 1.165) is 11.4 Å². The van der Waals surface area contributed by atoms with Crippen LogP contribution in [0.25, 0.3) is 0 Å². The number of hydrogen-bond donors (Lipinski definition) is 1. The van der Waals surface area contributed by atoms with Crippen molar-refractivity contribution in [2.24, 2.45) is 0 Å². The molecule has 1 amide bonds. The molecule has 2 aromatic rings. The number of aromatic nitrogens is 2. The molecule has 1 N–H and O–H groups in total. The third kappa shape index (κ3) is 4.26. The van der Waals surface area contributed by atoms with Crippen molar-refractivity contribution >= 4 is 11.7 Å². The van der Waals surface area contributed by atoms with E-state index >= 15 is 0 Å². The lowest BCUT2D eigenvalue weighted by Crippen LogP contribution is -2.35. The second-order valence-electron chi connectivity index (χ2n) is 6.52. The van der Waals surface area contributed by atoms with E-state index in [4.69, 9.17) is 0 Å². The highest BCUT2D eigenvalue weighted by molar-refractivity contribution is 5.93. The van der Waals surface area contributed by atoms with E-state index in [1.807, 2.05) is 12.1 Å². The highest BCUT2D eigenvalue weighted by Gasteiger charge is 2.21. The summed E-state index contributed by atoms with van der Waals surface area (Å²) < 4.78 is 0.626. The first-order chi connectivity index (χ1) is 12.1. The third-order valence-electron chi connectivity index (χ3n) is 4.80. The Labute approximate surface area is 148 Å². The maximum atomic E-state index is 12.3. The predicted molar refractivity (Wildman–Crippen MR) is 96.1 cm³/mol. The van der Waals surface area contributed by atoms with Crippen LogP contribution in [0.5, 0.6) is 0 Å². The molecule has 0 saturated heterocycles. The van der Waals surface area contributed by atoms with Crippen molar-refractivity contribution in [1.82, 2.24) is 10.3 Å². The molecule has 132 valence electrons. The Bertz CT molecular complexity index is 729. The van der Waals surface area contributed by atoms with Crippen LogP contribution in [-0.4, -0.2) is 24.0 Å². The lowest BCUT2D eigenvalue weighted by molar-refractivity contribution is -0.605. The first kappa shape index (κ1) is 17.2. The van der Waals surface area contributed by atoms with Gasteiger partial charge in [0.15, 0.2) is 12.4 Å². The highest BCUT2D eigenvalue weighted by Crippen LogP contribution is 2.26. The topological polar surface area (TPSA) is 72.2 Å². The van der Waals surface area contributed by atoms with Gasteiger partial charge in [-0.3, -0.25) is 4.79 Å². The molecule has 0 bridgehead atoms. The van der Waals surface area contributed by atoms with Crippen LogP contribution in [0.2, 0.25) is 0 Å². The summed E-state index contributed by atoms with van der Waals surface area (Å²) in [7, 11) is 2.08.